The van der Waals surface area contributed by atoms with E-state index in [1.807, 2.05) is 0 Å². The van der Waals surface area contributed by atoms with Gasteiger partial charge in [0.15, 0.2) is 12.0 Å². The van der Waals surface area contributed by atoms with E-state index in [1.165, 1.54) is 27.9 Å². The molecule has 1 saturated heterocycles. The molecule has 0 aromatic heterocycles. The second-order valence-corrected chi connectivity index (χ2v) is 28.3. The van der Waals surface area contributed by atoms with Crippen LogP contribution in [-0.4, -0.2) is 67.1 Å². The minimum atomic E-state index is -3.00. The van der Waals surface area contributed by atoms with Crippen molar-refractivity contribution in [3.63, 3.8) is 0 Å². The third kappa shape index (κ3) is 10.4. The van der Waals surface area contributed by atoms with E-state index >= 15 is 4.39 Å². The van der Waals surface area contributed by atoms with Crippen LogP contribution in [-0.2, 0) is 27.9 Å². The van der Waals surface area contributed by atoms with Crippen molar-refractivity contribution in [1.82, 2.24) is 0 Å². The van der Waals surface area contributed by atoms with E-state index < -0.39 is 28.6 Å². The first-order valence-corrected chi connectivity index (χ1v) is 27.2. The molecule has 0 bridgehead atoms. The molecule has 4 aromatic carbocycles. The van der Waals surface area contributed by atoms with Gasteiger partial charge in [0.2, 0.25) is 0 Å². The molecule has 1 heterocycles. The molecule has 2 aliphatic rings. The Kier molecular flexibility index (Phi) is 16.3. The highest BCUT2D eigenvalue weighted by Crippen LogP contribution is 2.53. The maximum absolute atomic E-state index is 16.6. The van der Waals surface area contributed by atoms with E-state index in [0.29, 0.717) is 19.3 Å². The predicted molar refractivity (Wildman–Crippen MR) is 260 cm³/mol. The number of hydrogen-bond donors (Lipinski definition) is 0. The second kappa shape index (κ2) is 21.1. The normalized spacial score (nSPS) is 22.8. The molecule has 0 spiro atoms. The summed E-state index contributed by atoms with van der Waals surface area (Å²) in [6.07, 6.45) is 8.31. The molecule has 1 saturated carbocycles. The van der Waals surface area contributed by atoms with Gasteiger partial charge in [0.1, 0.15) is 0 Å². The van der Waals surface area contributed by atoms with Crippen LogP contribution in [0.1, 0.15) is 106 Å². The van der Waals surface area contributed by atoms with Crippen molar-refractivity contribution in [2.45, 2.75) is 147 Å². The number of rotatable bonds is 20. The Bertz CT molecular complexity index is 1960. The van der Waals surface area contributed by atoms with Crippen molar-refractivity contribution in [2.75, 3.05) is 14.2 Å². The Balaban J connectivity index is 1.46. The molecule has 4 aromatic rings. The maximum atomic E-state index is 16.6. The van der Waals surface area contributed by atoms with Crippen molar-refractivity contribution >= 4 is 43.4 Å². The zero-order chi connectivity index (χ0) is 45.3. The zero-order valence-electron chi connectivity index (χ0n) is 39.4. The Hall–Kier alpha value is -3.71. The van der Waals surface area contributed by atoms with Crippen LogP contribution in [0.2, 0.25) is 10.1 Å². The lowest BCUT2D eigenvalue weighted by Gasteiger charge is -2.46. The minimum absolute atomic E-state index is 0.0765. The van der Waals surface area contributed by atoms with Crippen LogP contribution in [0.5, 0.6) is 0 Å². The summed E-state index contributed by atoms with van der Waals surface area (Å²) in [6, 6.07) is 43.3. The largest absolute Gasteiger partial charge is 0.469 e. The summed E-state index contributed by atoms with van der Waals surface area (Å²) in [5, 5.41) is 4.51. The predicted octanol–water partition coefficient (Wildman–Crippen LogP) is 10.5. The molecule has 9 heteroatoms. The molecule has 0 unspecified atom stereocenters. The zero-order valence-corrected chi connectivity index (χ0v) is 41.4. The molecule has 0 radical (unpaired) electrons. The van der Waals surface area contributed by atoms with Crippen molar-refractivity contribution in [3.05, 3.63) is 133 Å². The van der Waals surface area contributed by atoms with Gasteiger partial charge < -0.3 is 23.1 Å². The van der Waals surface area contributed by atoms with Gasteiger partial charge in [0.05, 0.1) is 25.4 Å². The summed E-state index contributed by atoms with van der Waals surface area (Å²) in [7, 11) is -3.00. The first kappa shape index (κ1) is 48.7. The first-order chi connectivity index (χ1) is 30.2. The topological polar surface area (TPSA) is 63.2 Å². The molecule has 1 aliphatic carbocycles. The Labute approximate surface area is 380 Å². The van der Waals surface area contributed by atoms with Crippen LogP contribution in [0.15, 0.2) is 133 Å². The monoisotopic (exact) mass is 892 g/mol. The molecule has 7 atom stereocenters. The molecule has 6 rings (SSSR count). The lowest BCUT2D eigenvalue weighted by atomic mass is 9.87. The van der Waals surface area contributed by atoms with E-state index in [1.54, 1.807) is 7.11 Å². The molecular formula is C54H73FO6Si2. The van der Waals surface area contributed by atoms with Crippen LogP contribution in [0.3, 0.4) is 0 Å². The fourth-order valence-electron chi connectivity index (χ4n) is 10.6. The maximum Gasteiger partial charge on any atom is 0.305 e. The van der Waals surface area contributed by atoms with E-state index in [4.69, 9.17) is 23.1 Å². The fourth-order valence-corrected chi connectivity index (χ4v) is 20.0. The van der Waals surface area contributed by atoms with Gasteiger partial charge in [-0.2, -0.15) is 0 Å². The Morgan fingerprint density at radius 2 is 1.24 bits per heavy atom. The SMILES string of the molecule is CCCCC[C@@H](/C=C/[C@@H]1[C@H]2C[C@@](OC)([C@H](F)CCCC(=O)OC)O[C@H]2C[C@H]1O[Si](c1ccccc1)(c1ccccc1)C(C)(C)C)O[Si](c1ccccc1)(c1ccccc1)C(C)(C)C. The molecule has 340 valence electrons. The van der Waals surface area contributed by atoms with Gasteiger partial charge in [-0.25, -0.2) is 4.39 Å². The van der Waals surface area contributed by atoms with Crippen LogP contribution < -0.4 is 20.7 Å². The fraction of sp³-hybridized carbons (Fsp3) is 0.500. The van der Waals surface area contributed by atoms with E-state index in [0.717, 1.165) is 25.7 Å². The minimum Gasteiger partial charge on any atom is -0.469 e. The van der Waals surface area contributed by atoms with Crippen molar-refractivity contribution in [3.8, 4) is 0 Å². The van der Waals surface area contributed by atoms with Crippen LogP contribution in [0.4, 0.5) is 4.39 Å². The third-order valence-corrected chi connectivity index (χ3v) is 23.9. The average Bonchev–Trinajstić information content (AvgIpc) is 3.81. The number of halogens is 1. The third-order valence-electron chi connectivity index (χ3n) is 13.8. The highest BCUT2D eigenvalue weighted by Gasteiger charge is 2.61. The number of alkyl halides is 1. The van der Waals surface area contributed by atoms with Gasteiger partial charge in [-0.3, -0.25) is 4.79 Å². The summed E-state index contributed by atoms with van der Waals surface area (Å²) >= 11 is 0. The van der Waals surface area contributed by atoms with Gasteiger partial charge in [-0.05, 0) is 62.4 Å². The lowest BCUT2D eigenvalue weighted by Crippen LogP contribution is -2.68. The number of carbonyl (C=O) groups excluding carboxylic acids is 1. The first-order valence-electron chi connectivity index (χ1n) is 23.4. The van der Waals surface area contributed by atoms with Gasteiger partial charge >= 0.3 is 5.97 Å². The van der Waals surface area contributed by atoms with E-state index in [2.05, 4.69) is 182 Å². The standard InChI is InChI=1S/C54H73FO6Si2/c1-10-11-16-26-41(60-62(52(2,3)4,42-27-17-12-18-28-42)43-29-19-13-20-30-43)37-38-46-47-40-54(58-9,50(55)35-25-36-51(56)57-8)59-48(47)39-49(46)61-63(53(5,6)7,44-31-21-14-22-32-44)45-33-23-15-24-34-45/h12-15,17-24,27-34,37-38,41,46-50H,10-11,16,25-26,35-36,39-40H2,1-9H3/b38-37+/t41-,46+,47+,48-,49+,50+,54-/m0/s1. The highest BCUT2D eigenvalue weighted by molar-refractivity contribution is 7.00. The molecular weight excluding hydrogens is 820 g/mol. The highest BCUT2D eigenvalue weighted by atomic mass is 28.4. The number of ether oxygens (including phenoxy) is 3. The summed E-state index contributed by atoms with van der Waals surface area (Å²) in [4.78, 5) is 12.0. The summed E-state index contributed by atoms with van der Waals surface area (Å²) in [5.41, 5.74) is 0. The van der Waals surface area contributed by atoms with Crippen LogP contribution in [0, 0.1) is 11.8 Å². The summed E-state index contributed by atoms with van der Waals surface area (Å²) in [6.45, 7) is 16.2. The smallest absolute Gasteiger partial charge is 0.305 e. The van der Waals surface area contributed by atoms with Gasteiger partial charge in [-0.15, -0.1) is 0 Å². The molecule has 2 fully saturated rings. The lowest BCUT2D eigenvalue weighted by molar-refractivity contribution is -0.248. The summed E-state index contributed by atoms with van der Waals surface area (Å²) in [5.74, 6) is -1.97. The summed E-state index contributed by atoms with van der Waals surface area (Å²) < 4.78 is 50.1. The number of hydrogen-bond acceptors (Lipinski definition) is 6. The van der Waals surface area contributed by atoms with E-state index in [-0.39, 0.29) is 59.0 Å². The van der Waals surface area contributed by atoms with Crippen molar-refractivity contribution in [1.29, 1.82) is 0 Å². The molecule has 0 N–H and O–H groups in total. The van der Waals surface area contributed by atoms with Gasteiger partial charge in [-0.1, -0.05) is 201 Å². The number of esters is 1. The number of fused-ring (bicyclic) bond motifs is 1. The molecule has 1 aliphatic heterocycles. The van der Waals surface area contributed by atoms with Crippen LogP contribution >= 0.6 is 0 Å². The molecule has 63 heavy (non-hydrogen) atoms. The molecule has 6 nitrogen and oxygen atoms in total. The molecule has 0 amide bonds. The van der Waals surface area contributed by atoms with Crippen molar-refractivity contribution < 1.29 is 32.2 Å². The number of methoxy groups -OCH3 is 2. The van der Waals surface area contributed by atoms with E-state index in [9.17, 15) is 4.79 Å². The number of benzene rings is 4. The quantitative estimate of drug-likeness (QED) is 0.0381. The average molecular weight is 893 g/mol. The number of carbonyl (C=O) groups is 1. The van der Waals surface area contributed by atoms with Crippen molar-refractivity contribution in [2.24, 2.45) is 11.8 Å². The second-order valence-electron chi connectivity index (χ2n) is 19.8. The van der Waals surface area contributed by atoms with Gasteiger partial charge in [0.25, 0.3) is 16.6 Å². The van der Waals surface area contributed by atoms with Gasteiger partial charge in [0, 0.05) is 25.9 Å². The Morgan fingerprint density at radius 1 is 0.746 bits per heavy atom. The van der Waals surface area contributed by atoms with Crippen LogP contribution in [0.25, 0.3) is 0 Å². The Morgan fingerprint density at radius 3 is 1.68 bits per heavy atom. The number of unbranched alkanes of at least 4 members (excludes halogenated alkanes) is 2.